The van der Waals surface area contributed by atoms with Gasteiger partial charge in [-0.15, -0.1) is 11.3 Å². The number of rotatable bonds is 4. The number of ether oxygens (including phenoxy) is 1. The van der Waals surface area contributed by atoms with Crippen molar-refractivity contribution in [1.29, 1.82) is 0 Å². The van der Waals surface area contributed by atoms with Crippen LogP contribution in [0.1, 0.15) is 17.8 Å². The Balaban J connectivity index is 1.65. The van der Waals surface area contributed by atoms with Crippen molar-refractivity contribution in [2.75, 3.05) is 6.54 Å². The predicted octanol–water partition coefficient (Wildman–Crippen LogP) is 1.40. The second kappa shape index (κ2) is 4.17. The molecule has 2 N–H and O–H groups in total. The van der Waals surface area contributed by atoms with Crippen LogP contribution in [0, 0.1) is 5.92 Å². The van der Waals surface area contributed by atoms with E-state index in [0.717, 1.165) is 24.4 Å². The maximum absolute atomic E-state index is 5.65. The van der Waals surface area contributed by atoms with Gasteiger partial charge in [-0.2, -0.15) is 0 Å². The fourth-order valence-corrected chi connectivity index (χ4v) is 2.05. The zero-order valence-corrected chi connectivity index (χ0v) is 8.30. The molecule has 1 aliphatic rings. The molecular weight excluding hydrogens is 184 g/mol. The van der Waals surface area contributed by atoms with Gasteiger partial charge in [0.2, 0.25) is 0 Å². The topological polar surface area (TPSA) is 48.1 Å². The van der Waals surface area contributed by atoms with Crippen LogP contribution in [0.2, 0.25) is 0 Å². The van der Waals surface area contributed by atoms with Crippen molar-refractivity contribution in [2.45, 2.75) is 25.6 Å². The average molecular weight is 198 g/mol. The second-order valence-electron chi connectivity index (χ2n) is 3.43. The smallest absolute Gasteiger partial charge is 0.118 e. The molecule has 1 aliphatic carbocycles. The molecule has 0 aromatic carbocycles. The fraction of sp³-hybridized carbons (Fsp3) is 0.667. The van der Waals surface area contributed by atoms with Gasteiger partial charge in [0.15, 0.2) is 0 Å². The van der Waals surface area contributed by atoms with E-state index in [1.54, 1.807) is 11.3 Å². The first-order valence-corrected chi connectivity index (χ1v) is 5.46. The third kappa shape index (κ3) is 2.27. The Bertz CT molecular complexity index is 244. The highest BCUT2D eigenvalue weighted by Crippen LogP contribution is 2.29. The first-order chi connectivity index (χ1) is 6.38. The largest absolute Gasteiger partial charge is 0.371 e. The molecule has 0 aliphatic heterocycles. The minimum Gasteiger partial charge on any atom is -0.371 e. The molecule has 1 aromatic heterocycles. The molecule has 0 bridgehead atoms. The van der Waals surface area contributed by atoms with E-state index in [2.05, 4.69) is 4.98 Å². The Morgan fingerprint density at radius 3 is 3.08 bits per heavy atom. The number of nitrogens with two attached hydrogens (primary N) is 1. The van der Waals surface area contributed by atoms with Crippen LogP contribution in [0.4, 0.5) is 0 Å². The molecule has 0 amide bonds. The highest BCUT2D eigenvalue weighted by molar-refractivity contribution is 7.09. The summed E-state index contributed by atoms with van der Waals surface area (Å²) in [5, 5.41) is 3.04. The van der Waals surface area contributed by atoms with E-state index in [4.69, 9.17) is 10.5 Å². The highest BCUT2D eigenvalue weighted by atomic mass is 32.1. The van der Waals surface area contributed by atoms with E-state index in [1.807, 2.05) is 11.6 Å². The summed E-state index contributed by atoms with van der Waals surface area (Å²) < 4.78 is 5.65. The number of hydrogen-bond acceptors (Lipinski definition) is 4. The highest BCUT2D eigenvalue weighted by Gasteiger charge is 2.28. The van der Waals surface area contributed by atoms with Gasteiger partial charge < -0.3 is 10.5 Å². The van der Waals surface area contributed by atoms with Crippen LogP contribution in [-0.2, 0) is 11.3 Å². The lowest BCUT2D eigenvalue weighted by Crippen LogP contribution is -2.35. The van der Waals surface area contributed by atoms with Crippen molar-refractivity contribution < 1.29 is 4.74 Å². The summed E-state index contributed by atoms with van der Waals surface area (Å²) in [6, 6.07) is 0. The first kappa shape index (κ1) is 9.12. The molecule has 1 saturated carbocycles. The van der Waals surface area contributed by atoms with Crippen LogP contribution in [0.25, 0.3) is 0 Å². The normalized spacial score (nSPS) is 27.2. The SMILES string of the molecule is NCC1CC(OCc2nccs2)C1. The standard InChI is InChI=1S/C9H14N2OS/c10-5-7-3-8(4-7)12-6-9-11-1-2-13-9/h1-2,7-8H,3-6,10H2. The van der Waals surface area contributed by atoms with Crippen LogP contribution in [0.3, 0.4) is 0 Å². The van der Waals surface area contributed by atoms with Crippen molar-refractivity contribution in [2.24, 2.45) is 11.7 Å². The van der Waals surface area contributed by atoms with E-state index >= 15 is 0 Å². The van der Waals surface area contributed by atoms with E-state index < -0.39 is 0 Å². The molecule has 4 heteroatoms. The number of nitrogens with zero attached hydrogens (tertiary/aromatic N) is 1. The van der Waals surface area contributed by atoms with Gasteiger partial charge in [0, 0.05) is 11.6 Å². The molecule has 0 radical (unpaired) electrons. The third-order valence-electron chi connectivity index (χ3n) is 2.45. The monoisotopic (exact) mass is 198 g/mol. The van der Waals surface area contributed by atoms with Crippen LogP contribution in [0.5, 0.6) is 0 Å². The molecular formula is C9H14N2OS. The molecule has 3 nitrogen and oxygen atoms in total. The Hall–Kier alpha value is -0.450. The molecule has 0 unspecified atom stereocenters. The lowest BCUT2D eigenvalue weighted by molar-refractivity contribution is -0.0376. The van der Waals surface area contributed by atoms with E-state index in [0.29, 0.717) is 18.6 Å². The molecule has 2 rings (SSSR count). The minimum absolute atomic E-state index is 0.428. The first-order valence-electron chi connectivity index (χ1n) is 4.58. The van der Waals surface area contributed by atoms with Gasteiger partial charge in [-0.1, -0.05) is 0 Å². The van der Waals surface area contributed by atoms with Gasteiger partial charge in [-0.05, 0) is 25.3 Å². The molecule has 0 atom stereocenters. The molecule has 1 aromatic rings. The second-order valence-corrected chi connectivity index (χ2v) is 4.41. The number of thiazole rings is 1. The van der Waals surface area contributed by atoms with Crippen LogP contribution in [0.15, 0.2) is 11.6 Å². The van der Waals surface area contributed by atoms with Gasteiger partial charge in [0.1, 0.15) is 5.01 Å². The zero-order valence-electron chi connectivity index (χ0n) is 7.48. The lowest BCUT2D eigenvalue weighted by Gasteiger charge is -2.33. The minimum atomic E-state index is 0.428. The molecule has 0 saturated heterocycles. The Morgan fingerprint density at radius 1 is 1.62 bits per heavy atom. The van der Waals surface area contributed by atoms with Gasteiger partial charge >= 0.3 is 0 Å². The molecule has 1 heterocycles. The summed E-state index contributed by atoms with van der Waals surface area (Å²) in [5.74, 6) is 0.696. The number of hydrogen-bond donors (Lipinski definition) is 1. The van der Waals surface area contributed by atoms with E-state index in [9.17, 15) is 0 Å². The number of aromatic nitrogens is 1. The van der Waals surface area contributed by atoms with Gasteiger partial charge in [0.25, 0.3) is 0 Å². The van der Waals surface area contributed by atoms with Crippen LogP contribution >= 0.6 is 11.3 Å². The quantitative estimate of drug-likeness (QED) is 0.795. The Morgan fingerprint density at radius 2 is 2.46 bits per heavy atom. The van der Waals surface area contributed by atoms with E-state index in [-0.39, 0.29) is 0 Å². The predicted molar refractivity (Wildman–Crippen MR) is 52.5 cm³/mol. The van der Waals surface area contributed by atoms with Crippen LogP contribution < -0.4 is 5.73 Å². The van der Waals surface area contributed by atoms with Gasteiger partial charge in [-0.3, -0.25) is 0 Å². The molecule has 13 heavy (non-hydrogen) atoms. The maximum atomic E-state index is 5.65. The summed E-state index contributed by atoms with van der Waals surface area (Å²) in [5.41, 5.74) is 5.52. The summed E-state index contributed by atoms with van der Waals surface area (Å²) in [6.45, 7) is 1.47. The average Bonchev–Trinajstić information content (AvgIpc) is 2.54. The van der Waals surface area contributed by atoms with E-state index in [1.165, 1.54) is 0 Å². The molecule has 1 fully saturated rings. The Labute approximate surface area is 81.9 Å². The van der Waals surface area contributed by atoms with Crippen molar-refractivity contribution in [3.05, 3.63) is 16.6 Å². The van der Waals surface area contributed by atoms with Crippen molar-refractivity contribution >= 4 is 11.3 Å². The fourth-order valence-electron chi connectivity index (χ4n) is 1.52. The van der Waals surface area contributed by atoms with Crippen molar-refractivity contribution in [3.8, 4) is 0 Å². The van der Waals surface area contributed by atoms with Crippen LogP contribution in [-0.4, -0.2) is 17.6 Å². The third-order valence-corrected chi connectivity index (χ3v) is 3.20. The maximum Gasteiger partial charge on any atom is 0.118 e. The lowest BCUT2D eigenvalue weighted by atomic mass is 9.82. The summed E-state index contributed by atoms with van der Waals surface area (Å²) >= 11 is 1.65. The van der Waals surface area contributed by atoms with Crippen molar-refractivity contribution in [3.63, 3.8) is 0 Å². The van der Waals surface area contributed by atoms with Crippen molar-refractivity contribution in [1.82, 2.24) is 4.98 Å². The van der Waals surface area contributed by atoms with Gasteiger partial charge in [-0.25, -0.2) is 4.98 Å². The molecule has 0 spiro atoms. The summed E-state index contributed by atoms with van der Waals surface area (Å²) in [4.78, 5) is 4.15. The summed E-state index contributed by atoms with van der Waals surface area (Å²) in [6.07, 6.45) is 4.49. The summed E-state index contributed by atoms with van der Waals surface area (Å²) in [7, 11) is 0. The Kier molecular flexibility index (Phi) is 2.93. The zero-order chi connectivity index (χ0) is 9.10. The molecule has 72 valence electrons. The van der Waals surface area contributed by atoms with Gasteiger partial charge in [0.05, 0.1) is 12.7 Å².